The standard InChI is InChI=1S/C27H32N6O2.2ClH/c1-17-9-14-21-20(16-17)25(32-23-7-4-3-6-22(23)30-24-8-5-15-28-24)33-26(31-21)27(34)29-18-10-12-19(35-2)13-11-18;;/h9-14,16,22-23H,3-8,15H2,1-2H3,(H,28,30)(H,29,34)(H,31,32,33);2*1H/t22-,23+;;/m1../s1. The van der Waals surface area contributed by atoms with Crippen LogP contribution in [0.3, 0.4) is 0 Å². The van der Waals surface area contributed by atoms with E-state index in [1.165, 1.54) is 6.42 Å². The number of amidine groups is 1. The number of rotatable bonds is 6. The van der Waals surface area contributed by atoms with Gasteiger partial charge in [-0.05, 0) is 62.6 Å². The highest BCUT2D eigenvalue weighted by Gasteiger charge is 2.28. The highest BCUT2D eigenvalue weighted by Crippen LogP contribution is 2.27. The summed E-state index contributed by atoms with van der Waals surface area (Å²) in [4.78, 5) is 27.0. The fraction of sp³-hybridized carbons (Fsp3) is 0.407. The van der Waals surface area contributed by atoms with Gasteiger partial charge in [-0.15, -0.1) is 24.8 Å². The SMILES string of the molecule is COc1ccc(NC(=O)c2nc(N[C@H]3CCCC[C@H]3NC3=NCCC3)c3cc(C)ccc3n2)cc1.Cl.Cl. The van der Waals surface area contributed by atoms with E-state index in [-0.39, 0.29) is 48.6 Å². The summed E-state index contributed by atoms with van der Waals surface area (Å²) in [7, 11) is 1.61. The van der Waals surface area contributed by atoms with Crippen molar-refractivity contribution in [1.82, 2.24) is 15.3 Å². The summed E-state index contributed by atoms with van der Waals surface area (Å²) in [6.07, 6.45) is 6.63. The molecule has 3 N–H and O–H groups in total. The molecule has 0 bridgehead atoms. The lowest BCUT2D eigenvalue weighted by Gasteiger charge is -2.34. The van der Waals surface area contributed by atoms with Crippen molar-refractivity contribution in [3.63, 3.8) is 0 Å². The third-order valence-corrected chi connectivity index (χ3v) is 6.72. The molecule has 0 radical (unpaired) electrons. The van der Waals surface area contributed by atoms with Crippen LogP contribution in [-0.4, -0.2) is 47.4 Å². The molecule has 2 atom stereocenters. The Morgan fingerprint density at radius 3 is 2.35 bits per heavy atom. The maximum atomic E-state index is 13.1. The largest absolute Gasteiger partial charge is 0.497 e. The number of fused-ring (bicyclic) bond motifs is 1. The maximum Gasteiger partial charge on any atom is 0.293 e. The molecule has 2 aliphatic rings. The average Bonchev–Trinajstić information content (AvgIpc) is 3.39. The van der Waals surface area contributed by atoms with Crippen molar-refractivity contribution >= 4 is 59.0 Å². The Morgan fingerprint density at radius 1 is 0.946 bits per heavy atom. The summed E-state index contributed by atoms with van der Waals surface area (Å²) < 4.78 is 5.20. The number of benzene rings is 2. The fourth-order valence-electron chi connectivity index (χ4n) is 4.84. The molecule has 1 aromatic heterocycles. The predicted octanol–water partition coefficient (Wildman–Crippen LogP) is 5.55. The Bertz CT molecular complexity index is 1250. The summed E-state index contributed by atoms with van der Waals surface area (Å²) in [6, 6.07) is 13.7. The number of amides is 1. The Balaban J connectivity index is 0.00000190. The summed E-state index contributed by atoms with van der Waals surface area (Å²) >= 11 is 0. The normalized spacial score (nSPS) is 18.7. The molecule has 0 unspecified atom stereocenters. The van der Waals surface area contributed by atoms with Gasteiger partial charge in [0.25, 0.3) is 5.91 Å². The van der Waals surface area contributed by atoms with E-state index < -0.39 is 0 Å². The second-order valence-electron chi connectivity index (χ2n) is 9.32. The van der Waals surface area contributed by atoms with E-state index in [1.54, 1.807) is 31.4 Å². The Labute approximate surface area is 229 Å². The topological polar surface area (TPSA) is 101 Å². The molecule has 198 valence electrons. The lowest BCUT2D eigenvalue weighted by molar-refractivity contribution is 0.101. The second-order valence-corrected chi connectivity index (χ2v) is 9.32. The molecule has 1 fully saturated rings. The molecule has 8 nitrogen and oxygen atoms in total. The third-order valence-electron chi connectivity index (χ3n) is 6.72. The van der Waals surface area contributed by atoms with Crippen LogP contribution in [-0.2, 0) is 0 Å². The quantitative estimate of drug-likeness (QED) is 0.376. The van der Waals surface area contributed by atoms with Crippen LogP contribution in [0.15, 0.2) is 47.5 Å². The van der Waals surface area contributed by atoms with Gasteiger partial charge < -0.3 is 20.7 Å². The van der Waals surface area contributed by atoms with E-state index in [1.807, 2.05) is 12.1 Å². The minimum Gasteiger partial charge on any atom is -0.497 e. The van der Waals surface area contributed by atoms with Crippen LogP contribution >= 0.6 is 24.8 Å². The monoisotopic (exact) mass is 544 g/mol. The van der Waals surface area contributed by atoms with Gasteiger partial charge in [-0.1, -0.05) is 24.5 Å². The predicted molar refractivity (Wildman–Crippen MR) is 154 cm³/mol. The molecular formula is C27H34Cl2N6O2. The van der Waals surface area contributed by atoms with Crippen LogP contribution in [0.2, 0.25) is 0 Å². The van der Waals surface area contributed by atoms with E-state index in [9.17, 15) is 4.79 Å². The number of anilines is 2. The zero-order valence-corrected chi connectivity index (χ0v) is 22.8. The number of hydrogen-bond donors (Lipinski definition) is 3. The minimum atomic E-state index is -0.348. The molecule has 0 saturated heterocycles. The van der Waals surface area contributed by atoms with Crippen molar-refractivity contribution in [1.29, 1.82) is 0 Å². The van der Waals surface area contributed by atoms with Gasteiger partial charge in [0, 0.05) is 36.1 Å². The zero-order valence-electron chi connectivity index (χ0n) is 21.1. The summed E-state index contributed by atoms with van der Waals surface area (Å²) in [5.41, 5.74) is 2.53. The smallest absolute Gasteiger partial charge is 0.293 e. The maximum absolute atomic E-state index is 13.1. The first-order valence-corrected chi connectivity index (χ1v) is 12.4. The van der Waals surface area contributed by atoms with Crippen LogP contribution in [0, 0.1) is 6.92 Å². The fourth-order valence-corrected chi connectivity index (χ4v) is 4.84. The third kappa shape index (κ3) is 6.81. The molecule has 10 heteroatoms. The Morgan fingerprint density at radius 2 is 1.68 bits per heavy atom. The summed E-state index contributed by atoms with van der Waals surface area (Å²) in [5.74, 6) is 2.34. The lowest BCUT2D eigenvalue weighted by Crippen LogP contribution is -2.48. The molecule has 0 spiro atoms. The van der Waals surface area contributed by atoms with Gasteiger partial charge in [0.05, 0.1) is 18.5 Å². The first-order chi connectivity index (χ1) is 17.1. The van der Waals surface area contributed by atoms with Gasteiger partial charge in [0.2, 0.25) is 5.82 Å². The van der Waals surface area contributed by atoms with Crippen molar-refractivity contribution in [3.05, 3.63) is 53.9 Å². The lowest BCUT2D eigenvalue weighted by atomic mass is 9.90. The second kappa shape index (κ2) is 12.9. The van der Waals surface area contributed by atoms with Crippen molar-refractivity contribution in [2.24, 2.45) is 4.99 Å². The number of methoxy groups -OCH3 is 1. The number of carbonyl (C=O) groups excluding carboxylic acids is 1. The number of carbonyl (C=O) groups is 1. The highest BCUT2D eigenvalue weighted by molar-refractivity contribution is 6.04. The van der Waals surface area contributed by atoms with Gasteiger partial charge in [0.15, 0.2) is 0 Å². The van der Waals surface area contributed by atoms with E-state index >= 15 is 0 Å². The molecule has 1 saturated carbocycles. The molecule has 2 heterocycles. The number of nitrogens with zero attached hydrogens (tertiary/aromatic N) is 3. The van der Waals surface area contributed by atoms with Gasteiger partial charge in [-0.2, -0.15) is 0 Å². The highest BCUT2D eigenvalue weighted by atomic mass is 35.5. The van der Waals surface area contributed by atoms with E-state index in [0.29, 0.717) is 11.5 Å². The first kappa shape index (κ1) is 28.5. The first-order valence-electron chi connectivity index (χ1n) is 12.4. The van der Waals surface area contributed by atoms with Crippen molar-refractivity contribution in [2.45, 2.75) is 57.5 Å². The molecule has 1 aliphatic heterocycles. The van der Waals surface area contributed by atoms with E-state index in [2.05, 4.69) is 38.9 Å². The summed E-state index contributed by atoms with van der Waals surface area (Å²) in [6.45, 7) is 2.96. The molecule has 37 heavy (non-hydrogen) atoms. The number of hydrogen-bond acceptors (Lipinski definition) is 7. The zero-order chi connectivity index (χ0) is 24.2. The number of ether oxygens (including phenoxy) is 1. The van der Waals surface area contributed by atoms with Crippen LogP contribution in [0.25, 0.3) is 10.9 Å². The molecule has 5 rings (SSSR count). The van der Waals surface area contributed by atoms with E-state index in [0.717, 1.165) is 66.7 Å². The number of aliphatic imine (C=N–C) groups is 1. The van der Waals surface area contributed by atoms with Crippen molar-refractivity contribution in [2.75, 3.05) is 24.3 Å². The Kier molecular flexibility index (Phi) is 9.94. The van der Waals surface area contributed by atoms with Gasteiger partial charge >= 0.3 is 0 Å². The minimum absolute atomic E-state index is 0. The van der Waals surface area contributed by atoms with E-state index in [4.69, 9.17) is 9.72 Å². The molecule has 1 aliphatic carbocycles. The van der Waals surface area contributed by atoms with Crippen molar-refractivity contribution < 1.29 is 9.53 Å². The van der Waals surface area contributed by atoms with Gasteiger partial charge in [0.1, 0.15) is 11.6 Å². The van der Waals surface area contributed by atoms with Gasteiger partial charge in [-0.25, -0.2) is 9.97 Å². The number of halogens is 2. The average molecular weight is 546 g/mol. The van der Waals surface area contributed by atoms with Crippen LogP contribution < -0.4 is 20.7 Å². The number of aromatic nitrogens is 2. The molecule has 2 aromatic carbocycles. The Hall–Kier alpha value is -3.10. The summed E-state index contributed by atoms with van der Waals surface area (Å²) in [5, 5.41) is 11.2. The van der Waals surface area contributed by atoms with Crippen LogP contribution in [0.4, 0.5) is 11.5 Å². The van der Waals surface area contributed by atoms with Crippen LogP contribution in [0.1, 0.15) is 54.7 Å². The molecule has 1 amide bonds. The van der Waals surface area contributed by atoms with Gasteiger partial charge in [-0.3, -0.25) is 9.79 Å². The van der Waals surface area contributed by atoms with Crippen LogP contribution in [0.5, 0.6) is 5.75 Å². The molecule has 3 aromatic rings. The number of nitrogens with one attached hydrogen (secondary N) is 3. The number of aryl methyl sites for hydroxylation is 1. The molecular weight excluding hydrogens is 511 g/mol. The van der Waals surface area contributed by atoms with Crippen molar-refractivity contribution in [3.8, 4) is 5.75 Å².